The number of amides is 1. The molecule has 1 aliphatic heterocycles. The fourth-order valence-electron chi connectivity index (χ4n) is 3.39. The highest BCUT2D eigenvalue weighted by molar-refractivity contribution is 7.21. The standard InChI is InChI=1S/C19H20N4OS/c1-22(2)19(24)15-9-6-10-23(15)17-14-11-16(13-7-4-3-5-8-13)25-18(14)21-12-20-17/h3-5,7-8,11-12,15H,6,9-10H2,1-2H3. The van der Waals surface area contributed by atoms with Gasteiger partial charge in [-0.2, -0.15) is 0 Å². The number of hydrogen-bond donors (Lipinski definition) is 0. The Labute approximate surface area is 150 Å². The lowest BCUT2D eigenvalue weighted by atomic mass is 10.1. The van der Waals surface area contributed by atoms with Gasteiger partial charge in [-0.1, -0.05) is 30.3 Å². The van der Waals surface area contributed by atoms with E-state index in [1.165, 1.54) is 10.4 Å². The maximum Gasteiger partial charge on any atom is 0.244 e. The zero-order valence-corrected chi connectivity index (χ0v) is 15.2. The molecule has 1 fully saturated rings. The molecule has 1 amide bonds. The summed E-state index contributed by atoms with van der Waals surface area (Å²) in [4.78, 5) is 27.5. The number of carbonyl (C=O) groups is 1. The van der Waals surface area contributed by atoms with Gasteiger partial charge in [0.15, 0.2) is 0 Å². The fourth-order valence-corrected chi connectivity index (χ4v) is 4.39. The van der Waals surface area contributed by atoms with Gasteiger partial charge in [0.25, 0.3) is 0 Å². The predicted molar refractivity (Wildman–Crippen MR) is 102 cm³/mol. The molecule has 1 atom stereocenters. The van der Waals surface area contributed by atoms with Crippen LogP contribution < -0.4 is 4.90 Å². The molecule has 4 rings (SSSR count). The third-order valence-corrected chi connectivity index (χ3v) is 5.71. The van der Waals surface area contributed by atoms with Crippen molar-refractivity contribution >= 4 is 33.3 Å². The van der Waals surface area contributed by atoms with Crippen molar-refractivity contribution in [3.8, 4) is 10.4 Å². The van der Waals surface area contributed by atoms with Crippen LogP contribution in [0.3, 0.4) is 0 Å². The molecular weight excluding hydrogens is 332 g/mol. The summed E-state index contributed by atoms with van der Waals surface area (Å²) in [5.41, 5.74) is 1.18. The Morgan fingerprint density at radius 1 is 1.24 bits per heavy atom. The van der Waals surface area contributed by atoms with Crippen molar-refractivity contribution in [1.29, 1.82) is 0 Å². The highest BCUT2D eigenvalue weighted by atomic mass is 32.1. The van der Waals surface area contributed by atoms with E-state index in [1.807, 2.05) is 32.3 Å². The molecule has 6 heteroatoms. The van der Waals surface area contributed by atoms with Gasteiger partial charge in [0.1, 0.15) is 23.0 Å². The number of benzene rings is 1. The van der Waals surface area contributed by atoms with Crippen molar-refractivity contribution in [3.63, 3.8) is 0 Å². The smallest absolute Gasteiger partial charge is 0.244 e. The number of aromatic nitrogens is 2. The van der Waals surface area contributed by atoms with E-state index in [-0.39, 0.29) is 11.9 Å². The fraction of sp³-hybridized carbons (Fsp3) is 0.316. The van der Waals surface area contributed by atoms with Crippen molar-refractivity contribution in [2.24, 2.45) is 0 Å². The predicted octanol–water partition coefficient (Wildman–Crippen LogP) is 3.42. The molecule has 0 bridgehead atoms. The van der Waals surface area contributed by atoms with Gasteiger partial charge in [-0.15, -0.1) is 11.3 Å². The number of rotatable bonds is 3. The van der Waals surface area contributed by atoms with E-state index in [9.17, 15) is 4.79 Å². The largest absolute Gasteiger partial charge is 0.347 e. The van der Waals surface area contributed by atoms with E-state index in [1.54, 1.807) is 22.6 Å². The number of anilines is 1. The number of carbonyl (C=O) groups excluding carboxylic acids is 1. The minimum Gasteiger partial charge on any atom is -0.347 e. The molecule has 3 heterocycles. The van der Waals surface area contributed by atoms with E-state index in [0.29, 0.717) is 0 Å². The van der Waals surface area contributed by atoms with Crippen LogP contribution in [0.2, 0.25) is 0 Å². The lowest BCUT2D eigenvalue weighted by Gasteiger charge is -2.27. The lowest BCUT2D eigenvalue weighted by Crippen LogP contribution is -2.43. The van der Waals surface area contributed by atoms with Crippen molar-refractivity contribution < 1.29 is 4.79 Å². The first kappa shape index (κ1) is 16.0. The van der Waals surface area contributed by atoms with Crippen LogP contribution in [0.4, 0.5) is 5.82 Å². The molecule has 1 aliphatic rings. The van der Waals surface area contributed by atoms with E-state index in [0.717, 1.165) is 35.4 Å². The molecule has 0 saturated carbocycles. The summed E-state index contributed by atoms with van der Waals surface area (Å²) in [7, 11) is 3.62. The van der Waals surface area contributed by atoms with Crippen molar-refractivity contribution in [2.45, 2.75) is 18.9 Å². The molecule has 0 aliphatic carbocycles. The van der Waals surface area contributed by atoms with Crippen LogP contribution in [0.15, 0.2) is 42.7 Å². The van der Waals surface area contributed by atoms with Crippen LogP contribution in [0.1, 0.15) is 12.8 Å². The monoisotopic (exact) mass is 352 g/mol. The molecule has 1 saturated heterocycles. The van der Waals surface area contributed by atoms with Gasteiger partial charge in [-0.05, 0) is 24.5 Å². The van der Waals surface area contributed by atoms with Crippen LogP contribution >= 0.6 is 11.3 Å². The molecule has 2 aromatic heterocycles. The topological polar surface area (TPSA) is 49.3 Å². The average molecular weight is 352 g/mol. The molecule has 5 nitrogen and oxygen atoms in total. The second-order valence-electron chi connectivity index (χ2n) is 6.48. The molecule has 25 heavy (non-hydrogen) atoms. The summed E-state index contributed by atoms with van der Waals surface area (Å²) in [5.74, 6) is 1.02. The van der Waals surface area contributed by atoms with Gasteiger partial charge in [0, 0.05) is 25.5 Å². The van der Waals surface area contributed by atoms with E-state index in [4.69, 9.17) is 0 Å². The van der Waals surface area contributed by atoms with E-state index in [2.05, 4.69) is 33.1 Å². The van der Waals surface area contributed by atoms with Crippen molar-refractivity contribution in [2.75, 3.05) is 25.5 Å². The number of nitrogens with zero attached hydrogens (tertiary/aromatic N) is 4. The normalized spacial score (nSPS) is 17.2. The van der Waals surface area contributed by atoms with Gasteiger partial charge < -0.3 is 9.80 Å². The maximum absolute atomic E-state index is 12.5. The molecule has 1 aromatic carbocycles. The average Bonchev–Trinajstić information content (AvgIpc) is 3.28. The van der Waals surface area contributed by atoms with Crippen LogP contribution in [0, 0.1) is 0 Å². The Morgan fingerprint density at radius 2 is 2.04 bits per heavy atom. The van der Waals surface area contributed by atoms with Crippen LogP contribution in [-0.4, -0.2) is 47.5 Å². The summed E-state index contributed by atoms with van der Waals surface area (Å²) >= 11 is 1.67. The molecule has 1 unspecified atom stereocenters. The summed E-state index contributed by atoms with van der Waals surface area (Å²) < 4.78 is 0. The Hall–Kier alpha value is -2.47. The van der Waals surface area contributed by atoms with E-state index < -0.39 is 0 Å². The molecule has 128 valence electrons. The van der Waals surface area contributed by atoms with Crippen LogP contribution in [0.5, 0.6) is 0 Å². The number of hydrogen-bond acceptors (Lipinski definition) is 5. The number of thiophene rings is 1. The summed E-state index contributed by atoms with van der Waals surface area (Å²) in [6, 6.07) is 12.3. The molecular formula is C19H20N4OS. The first-order valence-electron chi connectivity index (χ1n) is 8.43. The van der Waals surface area contributed by atoms with Gasteiger partial charge in [0.2, 0.25) is 5.91 Å². The van der Waals surface area contributed by atoms with Gasteiger partial charge in [0.05, 0.1) is 5.39 Å². The highest BCUT2D eigenvalue weighted by Gasteiger charge is 2.33. The van der Waals surface area contributed by atoms with Gasteiger partial charge in [-0.25, -0.2) is 9.97 Å². The first-order chi connectivity index (χ1) is 12.1. The number of fused-ring (bicyclic) bond motifs is 1. The Morgan fingerprint density at radius 3 is 2.80 bits per heavy atom. The summed E-state index contributed by atoms with van der Waals surface area (Å²) in [5, 5.41) is 1.03. The third kappa shape index (κ3) is 2.87. The zero-order chi connectivity index (χ0) is 17.4. The molecule has 3 aromatic rings. The SMILES string of the molecule is CN(C)C(=O)C1CCCN1c1ncnc2sc(-c3ccccc3)cc12. The van der Waals surface area contributed by atoms with Gasteiger partial charge >= 0.3 is 0 Å². The first-order valence-corrected chi connectivity index (χ1v) is 9.24. The molecule has 0 N–H and O–H groups in total. The molecule has 0 spiro atoms. The van der Waals surface area contributed by atoms with E-state index >= 15 is 0 Å². The quantitative estimate of drug-likeness (QED) is 0.725. The minimum absolute atomic E-state index is 0.131. The minimum atomic E-state index is -0.131. The maximum atomic E-state index is 12.5. The van der Waals surface area contributed by atoms with Crippen molar-refractivity contribution in [1.82, 2.24) is 14.9 Å². The lowest BCUT2D eigenvalue weighted by molar-refractivity contribution is -0.129. The van der Waals surface area contributed by atoms with Gasteiger partial charge in [-0.3, -0.25) is 4.79 Å². The zero-order valence-electron chi connectivity index (χ0n) is 14.3. The van der Waals surface area contributed by atoms with Crippen molar-refractivity contribution in [3.05, 3.63) is 42.7 Å². The Bertz CT molecular complexity index is 906. The third-order valence-electron chi connectivity index (χ3n) is 4.62. The molecule has 0 radical (unpaired) electrons. The second-order valence-corrected chi connectivity index (χ2v) is 7.51. The Balaban J connectivity index is 1.77. The second kappa shape index (κ2) is 6.44. The highest BCUT2D eigenvalue weighted by Crippen LogP contribution is 2.38. The summed E-state index contributed by atoms with van der Waals surface area (Å²) in [6.07, 6.45) is 3.49. The summed E-state index contributed by atoms with van der Waals surface area (Å²) in [6.45, 7) is 0.854. The van der Waals surface area contributed by atoms with Crippen LogP contribution in [-0.2, 0) is 4.79 Å². The van der Waals surface area contributed by atoms with Crippen LogP contribution in [0.25, 0.3) is 20.7 Å². The number of likely N-dealkylation sites (N-methyl/N-ethyl adjacent to an activating group) is 1. The Kier molecular flexibility index (Phi) is 4.13.